The molecule has 1 N–H and O–H groups in total. The molecule has 0 aliphatic heterocycles. The first-order valence-electron chi connectivity index (χ1n) is 13.4. The summed E-state index contributed by atoms with van der Waals surface area (Å²) in [6.45, 7) is 28.2. The Morgan fingerprint density at radius 3 is 1.70 bits per heavy atom. The van der Waals surface area contributed by atoms with E-state index in [2.05, 4.69) is 0 Å². The van der Waals surface area contributed by atoms with Crippen LogP contribution in [0.25, 0.3) is 0 Å². The molecule has 0 aromatic heterocycles. The smallest absolute Gasteiger partial charge is 0.462 e. The predicted molar refractivity (Wildman–Crippen MR) is 145 cm³/mol. The van der Waals surface area contributed by atoms with Crippen molar-refractivity contribution in [3.63, 3.8) is 0 Å². The van der Waals surface area contributed by atoms with E-state index in [1.54, 1.807) is 20.8 Å². The number of carbonyl (C=O) groups excluding carboxylic acids is 2. The second-order valence-electron chi connectivity index (χ2n) is 13.5. The molecule has 0 bridgehead atoms. The molecule has 0 fully saturated rings. The fourth-order valence-corrected chi connectivity index (χ4v) is 3.55. The molecular weight excluding hydrogens is 476 g/mol. The van der Waals surface area contributed by atoms with Crippen molar-refractivity contribution in [3.8, 4) is 0 Å². The van der Waals surface area contributed by atoms with Gasteiger partial charge in [0.2, 0.25) is 0 Å². The van der Waals surface area contributed by atoms with Crippen LogP contribution in [-0.4, -0.2) is 65.6 Å². The quantitative estimate of drug-likeness (QED) is 0.245. The molecule has 3 atom stereocenters. The van der Waals surface area contributed by atoms with Crippen LogP contribution in [0, 0.1) is 16.7 Å². The Balaban J connectivity index is 5.16. The van der Waals surface area contributed by atoms with Crippen molar-refractivity contribution in [1.29, 1.82) is 0 Å². The van der Waals surface area contributed by atoms with Gasteiger partial charge in [0.25, 0.3) is 0 Å². The zero-order valence-electron chi connectivity index (χ0n) is 26.2. The van der Waals surface area contributed by atoms with Gasteiger partial charge in [-0.2, -0.15) is 0 Å². The van der Waals surface area contributed by atoms with Crippen LogP contribution in [0.15, 0.2) is 0 Å². The van der Waals surface area contributed by atoms with Crippen molar-refractivity contribution < 1.29 is 38.4 Å². The Morgan fingerprint density at radius 2 is 1.24 bits per heavy atom. The third kappa shape index (κ3) is 11.1. The molecular formula is C29H56O8. The molecule has 0 radical (unpaired) electrons. The van der Waals surface area contributed by atoms with E-state index < -0.39 is 33.8 Å². The standard InChI is InChI=1S/C29H56O8/c1-19(2)35-22(5)18-33-23(30)26(8,9)29(14,15)36-21(4)16-25(6,7)28(12,13)37-24(31)34-17-20(3)27(10,11)32/h19-22,32H,16-18H2,1-15H3. The molecule has 0 aliphatic rings. The van der Waals surface area contributed by atoms with Crippen molar-refractivity contribution in [2.75, 3.05) is 13.2 Å². The molecule has 0 heterocycles. The molecule has 0 saturated heterocycles. The predicted octanol–water partition coefficient (Wildman–Crippen LogP) is 6.31. The highest BCUT2D eigenvalue weighted by molar-refractivity contribution is 5.77. The molecule has 0 aromatic carbocycles. The van der Waals surface area contributed by atoms with Gasteiger partial charge >= 0.3 is 12.1 Å². The minimum absolute atomic E-state index is 0.0528. The lowest BCUT2D eigenvalue weighted by atomic mass is 9.72. The van der Waals surface area contributed by atoms with Gasteiger partial charge in [-0.05, 0) is 89.5 Å². The van der Waals surface area contributed by atoms with E-state index >= 15 is 0 Å². The highest BCUT2D eigenvalue weighted by Gasteiger charge is 2.48. The maximum Gasteiger partial charge on any atom is 0.508 e. The zero-order chi connectivity index (χ0) is 29.6. The SMILES string of the molecule is CC(C)OC(C)COC(=O)C(C)(C)C(C)(C)OC(C)CC(C)(C)C(C)(C)OC(=O)OCC(C)C(C)(C)O. The average Bonchev–Trinajstić information content (AvgIpc) is 2.67. The van der Waals surface area contributed by atoms with Crippen LogP contribution in [0.4, 0.5) is 4.79 Å². The monoisotopic (exact) mass is 532 g/mol. The number of hydrogen-bond acceptors (Lipinski definition) is 8. The van der Waals surface area contributed by atoms with Crippen LogP contribution in [0.5, 0.6) is 0 Å². The minimum Gasteiger partial charge on any atom is -0.462 e. The molecule has 0 aliphatic carbocycles. The summed E-state index contributed by atoms with van der Waals surface area (Å²) in [4.78, 5) is 25.4. The van der Waals surface area contributed by atoms with Gasteiger partial charge in [-0.15, -0.1) is 0 Å². The van der Waals surface area contributed by atoms with E-state index in [-0.39, 0.29) is 43.4 Å². The Morgan fingerprint density at radius 1 is 0.730 bits per heavy atom. The van der Waals surface area contributed by atoms with E-state index in [4.69, 9.17) is 23.7 Å². The van der Waals surface area contributed by atoms with Crippen LogP contribution in [0.3, 0.4) is 0 Å². The first kappa shape index (κ1) is 35.6. The second-order valence-corrected chi connectivity index (χ2v) is 13.5. The Bertz CT molecular complexity index is 731. The molecule has 8 nitrogen and oxygen atoms in total. The van der Waals surface area contributed by atoms with Crippen molar-refractivity contribution in [2.24, 2.45) is 16.7 Å². The van der Waals surface area contributed by atoms with Crippen LogP contribution in [0.1, 0.15) is 110 Å². The van der Waals surface area contributed by atoms with E-state index in [9.17, 15) is 14.7 Å². The topological polar surface area (TPSA) is 101 Å². The van der Waals surface area contributed by atoms with Crippen LogP contribution in [0.2, 0.25) is 0 Å². The number of hydrogen-bond donors (Lipinski definition) is 1. The van der Waals surface area contributed by atoms with Crippen molar-refractivity contribution in [3.05, 3.63) is 0 Å². The summed E-state index contributed by atoms with van der Waals surface area (Å²) in [5, 5.41) is 10.0. The lowest BCUT2D eigenvalue weighted by Gasteiger charge is -2.45. The Hall–Kier alpha value is -1.38. The van der Waals surface area contributed by atoms with Gasteiger partial charge in [0.15, 0.2) is 0 Å². The molecule has 0 aromatic rings. The van der Waals surface area contributed by atoms with Gasteiger partial charge in [0, 0.05) is 11.3 Å². The largest absolute Gasteiger partial charge is 0.508 e. The zero-order valence-corrected chi connectivity index (χ0v) is 26.2. The molecule has 0 rings (SSSR count). The van der Waals surface area contributed by atoms with E-state index in [0.717, 1.165) is 0 Å². The van der Waals surface area contributed by atoms with Crippen molar-refractivity contribution in [2.45, 2.75) is 145 Å². The van der Waals surface area contributed by atoms with E-state index in [1.165, 1.54) is 0 Å². The first-order chi connectivity index (χ1) is 16.4. The fraction of sp³-hybridized carbons (Fsp3) is 0.931. The van der Waals surface area contributed by atoms with Crippen LogP contribution in [-0.2, 0) is 28.5 Å². The van der Waals surface area contributed by atoms with Gasteiger partial charge < -0.3 is 28.8 Å². The molecule has 0 saturated carbocycles. The Labute approximate surface area is 226 Å². The molecule has 0 amide bonds. The molecule has 37 heavy (non-hydrogen) atoms. The lowest BCUT2D eigenvalue weighted by Crippen LogP contribution is -2.51. The molecule has 220 valence electrons. The minimum atomic E-state index is -0.963. The number of ether oxygens (including phenoxy) is 5. The molecule has 3 unspecified atom stereocenters. The van der Waals surface area contributed by atoms with Crippen LogP contribution < -0.4 is 0 Å². The first-order valence-corrected chi connectivity index (χ1v) is 13.4. The number of rotatable bonds is 15. The van der Waals surface area contributed by atoms with Gasteiger partial charge in [0.05, 0.1) is 34.9 Å². The summed E-state index contributed by atoms with van der Waals surface area (Å²) in [6.07, 6.45) is -0.619. The average molecular weight is 533 g/mol. The lowest BCUT2D eigenvalue weighted by molar-refractivity contribution is -0.190. The van der Waals surface area contributed by atoms with Crippen molar-refractivity contribution >= 4 is 12.1 Å². The summed E-state index contributed by atoms with van der Waals surface area (Å²) >= 11 is 0. The highest BCUT2D eigenvalue weighted by atomic mass is 16.7. The third-order valence-corrected chi connectivity index (χ3v) is 7.89. The fourth-order valence-electron chi connectivity index (χ4n) is 3.55. The number of esters is 1. The van der Waals surface area contributed by atoms with Gasteiger partial charge in [-0.25, -0.2) is 4.79 Å². The van der Waals surface area contributed by atoms with Crippen molar-refractivity contribution in [1.82, 2.24) is 0 Å². The van der Waals surface area contributed by atoms with E-state index in [0.29, 0.717) is 6.42 Å². The number of aliphatic hydroxyl groups is 1. The summed E-state index contributed by atoms with van der Waals surface area (Å²) in [5.41, 5.74) is -4.08. The Kier molecular flexibility index (Phi) is 12.6. The summed E-state index contributed by atoms with van der Waals surface area (Å²) in [5.74, 6) is -0.595. The molecule has 8 heteroatoms. The summed E-state index contributed by atoms with van der Waals surface area (Å²) < 4.78 is 28.6. The summed E-state index contributed by atoms with van der Waals surface area (Å²) in [6, 6.07) is 0. The van der Waals surface area contributed by atoms with E-state index in [1.807, 2.05) is 83.1 Å². The normalized spacial score (nSPS) is 16.2. The van der Waals surface area contributed by atoms with Gasteiger partial charge in [0.1, 0.15) is 18.8 Å². The maximum absolute atomic E-state index is 13.0. The number of carbonyl (C=O) groups is 2. The van der Waals surface area contributed by atoms with Gasteiger partial charge in [-0.1, -0.05) is 20.8 Å². The van der Waals surface area contributed by atoms with Crippen LogP contribution >= 0.6 is 0 Å². The summed E-state index contributed by atoms with van der Waals surface area (Å²) in [7, 11) is 0. The maximum atomic E-state index is 13.0. The highest BCUT2D eigenvalue weighted by Crippen LogP contribution is 2.42. The second kappa shape index (κ2) is 13.1. The van der Waals surface area contributed by atoms with Gasteiger partial charge in [-0.3, -0.25) is 4.79 Å². The molecule has 0 spiro atoms. The third-order valence-electron chi connectivity index (χ3n) is 7.89.